The summed E-state index contributed by atoms with van der Waals surface area (Å²) in [6.07, 6.45) is -0.353. The van der Waals surface area contributed by atoms with Crippen molar-refractivity contribution in [3.63, 3.8) is 0 Å². The van der Waals surface area contributed by atoms with Crippen LogP contribution in [0.4, 0.5) is 0 Å². The number of ether oxygens (including phenoxy) is 2. The lowest BCUT2D eigenvalue weighted by Gasteiger charge is -2.15. The molecule has 0 N–H and O–H groups in total. The maximum atomic E-state index is 5.65. The lowest BCUT2D eigenvalue weighted by atomic mass is 10.3. The quantitative estimate of drug-likeness (QED) is 0.538. The third kappa shape index (κ3) is 3.66. The largest absolute Gasteiger partial charge is 0.464 e. The van der Waals surface area contributed by atoms with Crippen LogP contribution >= 0.6 is 11.6 Å². The number of para-hydroxylation sites is 1. The number of benzene rings is 1. The average Bonchev–Trinajstić information content (AvgIpc) is 2.19. The Morgan fingerprint density at radius 2 is 2.00 bits per heavy atom. The van der Waals surface area contributed by atoms with E-state index in [1.54, 1.807) is 0 Å². The van der Waals surface area contributed by atoms with Gasteiger partial charge in [-0.2, -0.15) is 0 Å². The van der Waals surface area contributed by atoms with Gasteiger partial charge in [-0.1, -0.05) is 18.2 Å². The van der Waals surface area contributed by atoms with Crippen molar-refractivity contribution >= 4 is 11.6 Å². The fraction of sp³-hybridized carbons (Fsp3) is 0.400. The Morgan fingerprint density at radius 1 is 1.31 bits per heavy atom. The first-order chi connectivity index (χ1) is 6.36. The minimum atomic E-state index is -0.353. The lowest BCUT2D eigenvalue weighted by molar-refractivity contribution is -0.0587. The van der Waals surface area contributed by atoms with Crippen molar-refractivity contribution in [2.45, 2.75) is 13.2 Å². The van der Waals surface area contributed by atoms with Crippen LogP contribution in [0.3, 0.4) is 0 Å². The van der Waals surface area contributed by atoms with E-state index in [2.05, 4.69) is 0 Å². The van der Waals surface area contributed by atoms with Crippen LogP contribution in [-0.2, 0) is 4.74 Å². The second-order valence-corrected chi connectivity index (χ2v) is 2.78. The normalized spacial score (nSPS) is 12.5. The average molecular weight is 201 g/mol. The van der Waals surface area contributed by atoms with E-state index in [0.29, 0.717) is 12.5 Å². The van der Waals surface area contributed by atoms with Crippen LogP contribution < -0.4 is 4.74 Å². The number of alkyl halides is 1. The Kier molecular flexibility index (Phi) is 4.65. The van der Waals surface area contributed by atoms with Gasteiger partial charge < -0.3 is 9.47 Å². The number of hydrogen-bond donors (Lipinski definition) is 0. The van der Waals surface area contributed by atoms with Crippen LogP contribution in [0.15, 0.2) is 30.3 Å². The van der Waals surface area contributed by atoms with Gasteiger partial charge in [0.25, 0.3) is 0 Å². The molecule has 2 nitrogen and oxygen atoms in total. The van der Waals surface area contributed by atoms with Gasteiger partial charge in [-0.25, -0.2) is 0 Å². The fourth-order valence-corrected chi connectivity index (χ4v) is 1.10. The first-order valence-electron chi connectivity index (χ1n) is 4.26. The summed E-state index contributed by atoms with van der Waals surface area (Å²) in [5.74, 6) is 1.12. The Bertz CT molecular complexity index is 226. The number of hydrogen-bond acceptors (Lipinski definition) is 2. The highest BCUT2D eigenvalue weighted by molar-refractivity contribution is 6.18. The summed E-state index contributed by atoms with van der Waals surface area (Å²) in [6, 6.07) is 9.50. The zero-order chi connectivity index (χ0) is 9.52. The summed E-state index contributed by atoms with van der Waals surface area (Å²) >= 11 is 5.65. The van der Waals surface area contributed by atoms with Gasteiger partial charge in [-0.3, -0.25) is 0 Å². The monoisotopic (exact) mass is 200 g/mol. The van der Waals surface area contributed by atoms with Crippen molar-refractivity contribution in [1.29, 1.82) is 0 Å². The molecular weight excluding hydrogens is 188 g/mol. The van der Waals surface area contributed by atoms with Crippen LogP contribution in [0, 0.1) is 0 Å². The van der Waals surface area contributed by atoms with E-state index in [4.69, 9.17) is 21.1 Å². The molecule has 1 aromatic carbocycles. The molecule has 3 heteroatoms. The van der Waals surface area contributed by atoms with Crippen LogP contribution in [0.1, 0.15) is 6.92 Å². The summed E-state index contributed by atoms with van der Waals surface area (Å²) in [5.41, 5.74) is 0. The highest BCUT2D eigenvalue weighted by Crippen LogP contribution is 2.11. The first-order valence-corrected chi connectivity index (χ1v) is 4.79. The fourth-order valence-electron chi connectivity index (χ4n) is 0.947. The molecule has 0 fully saturated rings. The van der Waals surface area contributed by atoms with Gasteiger partial charge >= 0.3 is 0 Å². The summed E-state index contributed by atoms with van der Waals surface area (Å²) < 4.78 is 10.7. The van der Waals surface area contributed by atoms with Crippen molar-refractivity contribution in [2.24, 2.45) is 0 Å². The SMILES string of the molecule is CCOC(CCl)Oc1ccccc1. The molecule has 1 aromatic rings. The molecule has 0 saturated carbocycles. The molecule has 1 rings (SSSR count). The molecule has 72 valence electrons. The predicted octanol–water partition coefficient (Wildman–Crippen LogP) is 2.67. The standard InChI is InChI=1S/C10H13ClO2/c1-2-12-10(8-11)13-9-6-4-3-5-7-9/h3-7,10H,2,8H2,1H3. The Hall–Kier alpha value is -0.730. The van der Waals surface area contributed by atoms with Crippen molar-refractivity contribution < 1.29 is 9.47 Å². The maximum absolute atomic E-state index is 5.65. The molecule has 1 atom stereocenters. The topological polar surface area (TPSA) is 18.5 Å². The van der Waals surface area contributed by atoms with E-state index in [0.717, 1.165) is 5.75 Å². The Balaban J connectivity index is 2.46. The highest BCUT2D eigenvalue weighted by atomic mass is 35.5. The summed E-state index contributed by atoms with van der Waals surface area (Å²) in [4.78, 5) is 0. The molecule has 0 aliphatic carbocycles. The zero-order valence-corrected chi connectivity index (χ0v) is 8.33. The van der Waals surface area contributed by atoms with Gasteiger partial charge in [0.2, 0.25) is 6.29 Å². The van der Waals surface area contributed by atoms with Crippen molar-refractivity contribution in [1.82, 2.24) is 0 Å². The van der Waals surface area contributed by atoms with E-state index in [9.17, 15) is 0 Å². The van der Waals surface area contributed by atoms with E-state index in [-0.39, 0.29) is 6.29 Å². The zero-order valence-electron chi connectivity index (χ0n) is 7.57. The number of rotatable bonds is 5. The Labute approximate surface area is 83.4 Å². The minimum absolute atomic E-state index is 0.336. The molecule has 0 heterocycles. The molecule has 0 aliphatic rings. The van der Waals surface area contributed by atoms with Gasteiger partial charge in [0.1, 0.15) is 5.75 Å². The molecule has 0 bridgehead atoms. The van der Waals surface area contributed by atoms with Gasteiger partial charge in [0.05, 0.1) is 5.88 Å². The molecule has 0 amide bonds. The molecule has 0 spiro atoms. The lowest BCUT2D eigenvalue weighted by Crippen LogP contribution is -2.22. The van der Waals surface area contributed by atoms with Gasteiger partial charge in [-0.15, -0.1) is 11.6 Å². The molecular formula is C10H13ClO2. The van der Waals surface area contributed by atoms with Gasteiger partial charge in [0, 0.05) is 6.61 Å². The van der Waals surface area contributed by atoms with E-state index in [1.165, 1.54) is 0 Å². The van der Waals surface area contributed by atoms with Gasteiger partial charge in [-0.05, 0) is 19.1 Å². The third-order valence-corrected chi connectivity index (χ3v) is 1.74. The van der Waals surface area contributed by atoms with Crippen LogP contribution in [0.25, 0.3) is 0 Å². The summed E-state index contributed by atoms with van der Waals surface area (Å²) in [7, 11) is 0. The van der Waals surface area contributed by atoms with Crippen molar-refractivity contribution in [3.8, 4) is 5.75 Å². The first kappa shape index (κ1) is 10.4. The molecule has 0 radical (unpaired) electrons. The van der Waals surface area contributed by atoms with Crippen LogP contribution in [0.5, 0.6) is 5.75 Å². The van der Waals surface area contributed by atoms with E-state index in [1.807, 2.05) is 37.3 Å². The maximum Gasteiger partial charge on any atom is 0.213 e. The highest BCUT2D eigenvalue weighted by Gasteiger charge is 2.07. The second kappa shape index (κ2) is 5.84. The van der Waals surface area contributed by atoms with Crippen LogP contribution in [0.2, 0.25) is 0 Å². The summed E-state index contributed by atoms with van der Waals surface area (Å²) in [6.45, 7) is 2.51. The van der Waals surface area contributed by atoms with Crippen LogP contribution in [-0.4, -0.2) is 18.8 Å². The predicted molar refractivity (Wildman–Crippen MR) is 53.2 cm³/mol. The number of halogens is 1. The Morgan fingerprint density at radius 3 is 2.54 bits per heavy atom. The molecule has 0 aromatic heterocycles. The summed E-state index contributed by atoms with van der Waals surface area (Å²) in [5, 5.41) is 0. The molecule has 0 saturated heterocycles. The molecule has 13 heavy (non-hydrogen) atoms. The smallest absolute Gasteiger partial charge is 0.213 e. The second-order valence-electron chi connectivity index (χ2n) is 2.47. The van der Waals surface area contributed by atoms with Crippen molar-refractivity contribution in [2.75, 3.05) is 12.5 Å². The minimum Gasteiger partial charge on any atom is -0.464 e. The van der Waals surface area contributed by atoms with E-state index < -0.39 is 0 Å². The van der Waals surface area contributed by atoms with Gasteiger partial charge in [0.15, 0.2) is 0 Å². The molecule has 0 aliphatic heterocycles. The van der Waals surface area contributed by atoms with Crippen molar-refractivity contribution in [3.05, 3.63) is 30.3 Å². The van der Waals surface area contributed by atoms with E-state index >= 15 is 0 Å². The third-order valence-electron chi connectivity index (χ3n) is 1.49. The molecule has 1 unspecified atom stereocenters.